The van der Waals surface area contributed by atoms with Crippen LogP contribution < -0.4 is 4.74 Å². The Hall–Kier alpha value is -2.58. The predicted molar refractivity (Wildman–Crippen MR) is 98.1 cm³/mol. The van der Waals surface area contributed by atoms with Gasteiger partial charge in [-0.2, -0.15) is 0 Å². The summed E-state index contributed by atoms with van der Waals surface area (Å²) in [6.45, 7) is 3.16. The summed E-state index contributed by atoms with van der Waals surface area (Å²) in [5, 5.41) is 0. The quantitative estimate of drug-likeness (QED) is 0.585. The van der Waals surface area contributed by atoms with E-state index >= 15 is 0 Å². The maximum atomic E-state index is 6.02. The van der Waals surface area contributed by atoms with E-state index in [9.17, 15) is 0 Å². The Bertz CT molecular complexity index is 738. The fraction of sp³-hybridized carbons (Fsp3) is 0.182. The molecule has 0 radical (unpaired) electrons. The van der Waals surface area contributed by atoms with E-state index in [4.69, 9.17) is 9.47 Å². The first-order chi connectivity index (χ1) is 11.8. The van der Waals surface area contributed by atoms with Gasteiger partial charge in [-0.05, 0) is 24.1 Å². The molecule has 2 heteroatoms. The molecule has 0 aliphatic carbocycles. The lowest BCUT2D eigenvalue weighted by Crippen LogP contribution is -2.18. The average Bonchev–Trinajstić information content (AvgIpc) is 2.66. The zero-order valence-electron chi connectivity index (χ0n) is 13.9. The van der Waals surface area contributed by atoms with Gasteiger partial charge < -0.3 is 9.47 Å². The fourth-order valence-corrected chi connectivity index (χ4v) is 2.52. The molecule has 0 fully saturated rings. The number of hydrogen-bond donors (Lipinski definition) is 0. The number of rotatable bonds is 7. The molecule has 0 saturated heterocycles. The van der Waals surface area contributed by atoms with Crippen LogP contribution in [0.15, 0.2) is 84.9 Å². The smallest absolute Gasteiger partial charge is 0.127 e. The molecule has 0 aliphatic heterocycles. The van der Waals surface area contributed by atoms with Gasteiger partial charge >= 0.3 is 0 Å². The second kappa shape index (κ2) is 8.32. The number of para-hydroxylation sites is 1. The molecule has 1 atom stereocenters. The SMILES string of the molecule is CC(COc1ccccc1-c1ccccc1)OCc1ccccc1. The van der Waals surface area contributed by atoms with Crippen molar-refractivity contribution in [1.82, 2.24) is 0 Å². The second-order valence-electron chi connectivity index (χ2n) is 5.78. The van der Waals surface area contributed by atoms with Crippen molar-refractivity contribution in [3.63, 3.8) is 0 Å². The van der Waals surface area contributed by atoms with Gasteiger partial charge in [0.15, 0.2) is 0 Å². The molecule has 2 nitrogen and oxygen atoms in total. The highest BCUT2D eigenvalue weighted by atomic mass is 16.5. The van der Waals surface area contributed by atoms with Crippen molar-refractivity contribution in [3.8, 4) is 16.9 Å². The van der Waals surface area contributed by atoms with Crippen LogP contribution in [0.2, 0.25) is 0 Å². The highest BCUT2D eigenvalue weighted by molar-refractivity contribution is 5.70. The normalized spacial score (nSPS) is 11.9. The molecule has 3 rings (SSSR count). The maximum Gasteiger partial charge on any atom is 0.127 e. The predicted octanol–water partition coefficient (Wildman–Crippen LogP) is 5.34. The minimum atomic E-state index is 0.0223. The molecule has 3 aromatic carbocycles. The van der Waals surface area contributed by atoms with E-state index in [2.05, 4.69) is 30.3 Å². The Balaban J connectivity index is 1.59. The third-order valence-electron chi connectivity index (χ3n) is 3.82. The summed E-state index contributed by atoms with van der Waals surface area (Å²) in [7, 11) is 0. The lowest BCUT2D eigenvalue weighted by Gasteiger charge is -2.16. The van der Waals surface area contributed by atoms with Crippen molar-refractivity contribution in [2.45, 2.75) is 19.6 Å². The van der Waals surface area contributed by atoms with Crippen molar-refractivity contribution in [1.29, 1.82) is 0 Å². The van der Waals surface area contributed by atoms with E-state index in [-0.39, 0.29) is 6.10 Å². The molecule has 0 heterocycles. The van der Waals surface area contributed by atoms with Gasteiger partial charge in [0.25, 0.3) is 0 Å². The molecule has 1 unspecified atom stereocenters. The van der Waals surface area contributed by atoms with Crippen molar-refractivity contribution >= 4 is 0 Å². The zero-order valence-corrected chi connectivity index (χ0v) is 13.9. The third-order valence-corrected chi connectivity index (χ3v) is 3.82. The lowest BCUT2D eigenvalue weighted by molar-refractivity contribution is 0.0215. The van der Waals surface area contributed by atoms with E-state index in [1.54, 1.807) is 0 Å². The van der Waals surface area contributed by atoms with Gasteiger partial charge in [-0.25, -0.2) is 0 Å². The van der Waals surface area contributed by atoms with Crippen molar-refractivity contribution in [2.75, 3.05) is 6.61 Å². The van der Waals surface area contributed by atoms with Crippen molar-refractivity contribution in [2.24, 2.45) is 0 Å². The van der Waals surface area contributed by atoms with Gasteiger partial charge in [-0.1, -0.05) is 78.9 Å². The summed E-state index contributed by atoms with van der Waals surface area (Å²) in [4.78, 5) is 0. The summed E-state index contributed by atoms with van der Waals surface area (Å²) in [5.41, 5.74) is 3.44. The second-order valence-corrected chi connectivity index (χ2v) is 5.78. The highest BCUT2D eigenvalue weighted by Crippen LogP contribution is 2.29. The number of hydrogen-bond acceptors (Lipinski definition) is 2. The van der Waals surface area contributed by atoms with Crippen LogP contribution in [0.1, 0.15) is 12.5 Å². The Kier molecular flexibility index (Phi) is 5.65. The van der Waals surface area contributed by atoms with Gasteiger partial charge in [0.2, 0.25) is 0 Å². The van der Waals surface area contributed by atoms with E-state index < -0.39 is 0 Å². The average molecular weight is 318 g/mol. The van der Waals surface area contributed by atoms with Gasteiger partial charge in [0.1, 0.15) is 12.4 Å². The van der Waals surface area contributed by atoms with Crippen molar-refractivity contribution in [3.05, 3.63) is 90.5 Å². The molecular formula is C22H22O2. The van der Waals surface area contributed by atoms with Crippen molar-refractivity contribution < 1.29 is 9.47 Å². The molecule has 0 bridgehead atoms. The van der Waals surface area contributed by atoms with E-state index in [0.29, 0.717) is 13.2 Å². The molecular weight excluding hydrogens is 296 g/mol. The highest BCUT2D eigenvalue weighted by Gasteiger charge is 2.08. The monoisotopic (exact) mass is 318 g/mol. The van der Waals surface area contributed by atoms with Crippen LogP contribution in [-0.4, -0.2) is 12.7 Å². The first-order valence-corrected chi connectivity index (χ1v) is 8.26. The molecule has 3 aromatic rings. The summed E-state index contributed by atoms with van der Waals surface area (Å²) < 4.78 is 11.9. The summed E-state index contributed by atoms with van der Waals surface area (Å²) in [5.74, 6) is 0.888. The van der Waals surface area contributed by atoms with E-state index in [1.165, 1.54) is 5.56 Å². The van der Waals surface area contributed by atoms with Crippen LogP contribution in [0, 0.1) is 0 Å². The summed E-state index contributed by atoms with van der Waals surface area (Å²) in [6.07, 6.45) is 0.0223. The number of ether oxygens (including phenoxy) is 2. The zero-order chi connectivity index (χ0) is 16.6. The standard InChI is InChI=1S/C22H22O2/c1-18(23-17-19-10-4-2-5-11-19)16-24-22-15-9-8-14-21(22)20-12-6-3-7-13-20/h2-15,18H,16-17H2,1H3. The molecule has 122 valence electrons. The van der Waals surface area contributed by atoms with Gasteiger partial charge in [-0.15, -0.1) is 0 Å². The minimum Gasteiger partial charge on any atom is -0.490 e. The van der Waals surface area contributed by atoms with E-state index in [1.807, 2.05) is 61.5 Å². The molecule has 24 heavy (non-hydrogen) atoms. The Morgan fingerprint density at radius 3 is 2.12 bits per heavy atom. The van der Waals surface area contributed by atoms with Crippen LogP contribution in [-0.2, 0) is 11.3 Å². The summed E-state index contributed by atoms with van der Waals surface area (Å²) >= 11 is 0. The van der Waals surface area contributed by atoms with E-state index in [0.717, 1.165) is 16.9 Å². The molecule has 0 spiro atoms. The molecule has 0 aromatic heterocycles. The topological polar surface area (TPSA) is 18.5 Å². The largest absolute Gasteiger partial charge is 0.490 e. The van der Waals surface area contributed by atoms with Gasteiger partial charge in [0, 0.05) is 5.56 Å². The number of benzene rings is 3. The third kappa shape index (κ3) is 4.46. The molecule has 0 amide bonds. The van der Waals surface area contributed by atoms with Crippen LogP contribution in [0.25, 0.3) is 11.1 Å². The first-order valence-electron chi connectivity index (χ1n) is 8.26. The fourth-order valence-electron chi connectivity index (χ4n) is 2.52. The van der Waals surface area contributed by atoms with Crippen LogP contribution >= 0.6 is 0 Å². The minimum absolute atomic E-state index is 0.0223. The first kappa shape index (κ1) is 16.3. The Morgan fingerprint density at radius 2 is 1.38 bits per heavy atom. The van der Waals surface area contributed by atoms with Crippen LogP contribution in [0.3, 0.4) is 0 Å². The Labute approximate surface area is 143 Å². The molecule has 0 aliphatic rings. The van der Waals surface area contributed by atoms with Gasteiger partial charge in [-0.3, -0.25) is 0 Å². The summed E-state index contributed by atoms with van der Waals surface area (Å²) in [6, 6.07) is 28.6. The molecule has 0 N–H and O–H groups in total. The van der Waals surface area contributed by atoms with Crippen LogP contribution in [0.4, 0.5) is 0 Å². The van der Waals surface area contributed by atoms with Crippen LogP contribution in [0.5, 0.6) is 5.75 Å². The lowest BCUT2D eigenvalue weighted by atomic mass is 10.1. The maximum absolute atomic E-state index is 6.02. The Morgan fingerprint density at radius 1 is 0.750 bits per heavy atom. The molecule has 0 saturated carbocycles. The van der Waals surface area contributed by atoms with Gasteiger partial charge in [0.05, 0.1) is 12.7 Å².